The third kappa shape index (κ3) is 4.52. The minimum atomic E-state index is -0.798. The van der Waals surface area contributed by atoms with Crippen molar-refractivity contribution in [1.29, 1.82) is 0 Å². The molecule has 2 fully saturated rings. The van der Waals surface area contributed by atoms with Gasteiger partial charge >= 0.3 is 5.91 Å². The lowest BCUT2D eigenvalue weighted by Gasteiger charge is -2.24. The van der Waals surface area contributed by atoms with Gasteiger partial charge in [-0.25, -0.2) is 5.41 Å². The highest BCUT2D eigenvalue weighted by atomic mass is 35.5. The molecule has 1 saturated heterocycles. The summed E-state index contributed by atoms with van der Waals surface area (Å²) in [4.78, 5) is 42.2. The highest BCUT2D eigenvalue weighted by molar-refractivity contribution is 6.51. The van der Waals surface area contributed by atoms with Crippen LogP contribution in [0.25, 0.3) is 0 Å². The topological polar surface area (TPSA) is 143 Å². The number of hydrogen-bond donors (Lipinski definition) is 4. The fraction of sp³-hybridized carbons (Fsp3) is 0.526. The first-order chi connectivity index (χ1) is 14.1. The summed E-state index contributed by atoms with van der Waals surface area (Å²) in [6.07, 6.45) is 4.24. The molecule has 2 unspecified atom stereocenters. The number of aromatic nitrogens is 1. The molecule has 2 aliphatic rings. The van der Waals surface area contributed by atoms with E-state index in [1.54, 1.807) is 4.90 Å². The third-order valence-corrected chi connectivity index (χ3v) is 7.02. The average molecular weight is 456 g/mol. The van der Waals surface area contributed by atoms with E-state index in [1.807, 2.05) is 6.92 Å². The predicted octanol–water partition coefficient (Wildman–Crippen LogP) is -0.926. The average Bonchev–Trinajstić information content (AvgIpc) is 3.06. The monoisotopic (exact) mass is 455 g/mol. The molecule has 0 bridgehead atoms. The lowest BCUT2D eigenvalue weighted by atomic mass is 10.1. The van der Waals surface area contributed by atoms with Gasteiger partial charge in [-0.2, -0.15) is 0 Å². The van der Waals surface area contributed by atoms with Gasteiger partial charge in [0.1, 0.15) is 10.4 Å². The van der Waals surface area contributed by atoms with Crippen molar-refractivity contribution in [2.45, 2.75) is 30.1 Å². The minimum Gasteiger partial charge on any atom is -0.374 e. The van der Waals surface area contributed by atoms with Gasteiger partial charge in [0.05, 0.1) is 24.0 Å². The number of likely N-dealkylation sites (tertiary alicyclic amines) is 1. The number of carbonyl (C=O) groups excluding carboxylic acids is 3. The van der Waals surface area contributed by atoms with E-state index in [1.165, 1.54) is 18.5 Å². The lowest BCUT2D eigenvalue weighted by Crippen LogP contribution is -2.49. The lowest BCUT2D eigenvalue weighted by molar-refractivity contribution is -0.137. The summed E-state index contributed by atoms with van der Waals surface area (Å²) >= 11 is 12.3. The fourth-order valence-electron chi connectivity index (χ4n) is 3.71. The van der Waals surface area contributed by atoms with Crippen LogP contribution < -0.4 is 21.8 Å². The number of pyridine rings is 1. The van der Waals surface area contributed by atoms with Crippen molar-refractivity contribution in [2.75, 3.05) is 25.0 Å². The molecule has 0 aromatic carbocycles. The van der Waals surface area contributed by atoms with Crippen LogP contribution in [0.3, 0.4) is 0 Å². The molecule has 1 aliphatic carbocycles. The molecule has 1 aliphatic heterocycles. The van der Waals surface area contributed by atoms with Crippen molar-refractivity contribution in [1.82, 2.24) is 15.2 Å². The quantitative estimate of drug-likeness (QED) is 0.295. The maximum absolute atomic E-state index is 12.7. The molecule has 11 heteroatoms. The van der Waals surface area contributed by atoms with Gasteiger partial charge in [-0.05, 0) is 24.8 Å². The number of alkyl halides is 2. The van der Waals surface area contributed by atoms with Crippen LogP contribution in [-0.2, 0) is 14.4 Å². The third-order valence-electron chi connectivity index (χ3n) is 5.77. The van der Waals surface area contributed by atoms with Gasteiger partial charge in [0.25, 0.3) is 5.71 Å². The van der Waals surface area contributed by atoms with E-state index in [0.29, 0.717) is 30.8 Å². The zero-order valence-corrected chi connectivity index (χ0v) is 18.0. The van der Waals surface area contributed by atoms with E-state index in [-0.39, 0.29) is 35.9 Å². The van der Waals surface area contributed by atoms with Gasteiger partial charge in [0.15, 0.2) is 0 Å². The first-order valence-electron chi connectivity index (χ1n) is 9.70. The molecule has 30 heavy (non-hydrogen) atoms. The summed E-state index contributed by atoms with van der Waals surface area (Å²) < 4.78 is -0.798. The molecular formula is C19H25Cl2N6O3+. The molecule has 6 N–H and O–H groups in total. The van der Waals surface area contributed by atoms with E-state index >= 15 is 0 Å². The van der Waals surface area contributed by atoms with Gasteiger partial charge < -0.3 is 21.3 Å². The van der Waals surface area contributed by atoms with Gasteiger partial charge in [-0.15, -0.1) is 23.2 Å². The number of hydrogen-bond acceptors (Lipinski definition) is 5. The Morgan fingerprint density at radius 3 is 2.73 bits per heavy atom. The standard InChI is InChI=1S/C19H24Cl2N6O3/c1-10-12(19(10,20)21)7-26-18(30)14-3-2-6-27(14)15(28)9-25-13-8-24-5-4-11(13)16(22)17(23)29/h4-5,8,10,12,14,22,25H,2-3,6-7,9H2,1H3,(H2,23,29)(H,26,30)/p+1/t10?,12?,14-/m0/s1. The van der Waals surface area contributed by atoms with Crippen LogP contribution in [-0.4, -0.2) is 63.3 Å². The number of nitrogens with one attached hydrogen (secondary N) is 2. The van der Waals surface area contributed by atoms with Gasteiger partial charge in [-0.3, -0.25) is 19.4 Å². The van der Waals surface area contributed by atoms with Crippen molar-refractivity contribution in [2.24, 2.45) is 17.6 Å². The van der Waals surface area contributed by atoms with Gasteiger partial charge in [0.2, 0.25) is 11.8 Å². The smallest absolute Gasteiger partial charge is 0.313 e. The summed E-state index contributed by atoms with van der Waals surface area (Å²) in [7, 11) is 0. The fourth-order valence-corrected chi connectivity index (χ4v) is 4.42. The SMILES string of the molecule is CC1C(CNC(=O)[C@@H]2CCCN2C(=O)CNc2cnccc2C(=[NH2+])C(N)=O)C1(Cl)Cl. The maximum Gasteiger partial charge on any atom is 0.313 e. The summed E-state index contributed by atoms with van der Waals surface area (Å²) in [5, 5.41) is 11.5. The number of halogens is 2. The Morgan fingerprint density at radius 1 is 1.40 bits per heavy atom. The Balaban J connectivity index is 1.57. The number of rotatable bonds is 8. The number of amides is 3. The Labute approximate surface area is 184 Å². The summed E-state index contributed by atoms with van der Waals surface area (Å²) in [6, 6.07) is 0.995. The van der Waals surface area contributed by atoms with E-state index in [2.05, 4.69) is 15.6 Å². The zero-order chi connectivity index (χ0) is 22.1. The maximum atomic E-state index is 12.7. The van der Waals surface area contributed by atoms with Crippen LogP contribution in [0.4, 0.5) is 5.69 Å². The second-order valence-electron chi connectivity index (χ2n) is 7.61. The highest BCUT2D eigenvalue weighted by Crippen LogP contribution is 2.58. The number of nitrogens with zero attached hydrogens (tertiary/aromatic N) is 2. The van der Waals surface area contributed by atoms with Crippen LogP contribution >= 0.6 is 23.2 Å². The zero-order valence-electron chi connectivity index (χ0n) is 16.5. The largest absolute Gasteiger partial charge is 0.374 e. The van der Waals surface area contributed by atoms with Gasteiger partial charge in [0, 0.05) is 25.2 Å². The van der Waals surface area contributed by atoms with Crippen molar-refractivity contribution in [3.63, 3.8) is 0 Å². The molecule has 3 amide bonds. The number of nitrogens with two attached hydrogens (primary N) is 2. The second kappa shape index (κ2) is 8.77. The molecule has 1 aromatic heterocycles. The molecule has 0 radical (unpaired) electrons. The van der Waals surface area contributed by atoms with Crippen LogP contribution in [0.15, 0.2) is 18.5 Å². The second-order valence-corrected chi connectivity index (χ2v) is 9.06. The number of primary amides is 1. The summed E-state index contributed by atoms with van der Waals surface area (Å²) in [6.45, 7) is 2.72. The minimum absolute atomic E-state index is 0.00738. The van der Waals surface area contributed by atoms with Gasteiger partial charge in [-0.1, -0.05) is 6.92 Å². The highest BCUT2D eigenvalue weighted by Gasteiger charge is 2.60. The van der Waals surface area contributed by atoms with E-state index in [9.17, 15) is 14.4 Å². The first kappa shape index (κ1) is 22.3. The Morgan fingerprint density at radius 2 is 2.10 bits per heavy atom. The first-order valence-corrected chi connectivity index (χ1v) is 10.5. The number of anilines is 1. The molecule has 0 spiro atoms. The predicted molar refractivity (Wildman–Crippen MR) is 113 cm³/mol. The van der Waals surface area contributed by atoms with E-state index in [0.717, 1.165) is 6.42 Å². The number of carbonyl (C=O) groups is 3. The molecule has 9 nitrogen and oxygen atoms in total. The summed E-state index contributed by atoms with van der Waals surface area (Å²) in [5.74, 6) is -1.10. The molecule has 162 valence electrons. The van der Waals surface area contributed by atoms with Crippen molar-refractivity contribution < 1.29 is 19.8 Å². The molecule has 1 aromatic rings. The normalized spacial score (nSPS) is 24.2. The van der Waals surface area contributed by atoms with Crippen LogP contribution in [0, 0.1) is 11.8 Å². The molecular weight excluding hydrogens is 431 g/mol. The van der Waals surface area contributed by atoms with Crippen LogP contribution in [0.1, 0.15) is 25.3 Å². The molecule has 3 atom stereocenters. The van der Waals surface area contributed by atoms with Crippen molar-refractivity contribution >= 4 is 52.3 Å². The Hall–Kier alpha value is -2.39. The van der Waals surface area contributed by atoms with Crippen molar-refractivity contribution in [3.05, 3.63) is 24.0 Å². The molecule has 3 rings (SSSR count). The summed E-state index contributed by atoms with van der Waals surface area (Å²) in [5.41, 5.74) is 5.88. The van der Waals surface area contributed by atoms with Crippen molar-refractivity contribution in [3.8, 4) is 0 Å². The Bertz CT molecular complexity index is 878. The molecule has 1 saturated carbocycles. The molecule has 2 heterocycles. The van der Waals surface area contributed by atoms with E-state index < -0.39 is 16.3 Å². The Kier molecular flexibility index (Phi) is 6.52. The van der Waals surface area contributed by atoms with Crippen LogP contribution in [0.5, 0.6) is 0 Å². The van der Waals surface area contributed by atoms with E-state index in [4.69, 9.17) is 34.3 Å². The van der Waals surface area contributed by atoms with Crippen LogP contribution in [0.2, 0.25) is 0 Å².